The molecule has 1 aromatic rings. The van der Waals surface area contributed by atoms with Gasteiger partial charge in [-0.1, -0.05) is 6.07 Å². The standard InChI is InChI=1S/C9H10F3NO.ClH/c10-7-3-6(4-13)1-2-8(7)14-5-9(11)12;/h1-3,9H,4-5,13H2;1H. The lowest BCUT2D eigenvalue weighted by Crippen LogP contribution is -2.08. The van der Waals surface area contributed by atoms with E-state index in [-0.39, 0.29) is 24.7 Å². The summed E-state index contributed by atoms with van der Waals surface area (Å²) in [4.78, 5) is 0. The fraction of sp³-hybridized carbons (Fsp3) is 0.333. The van der Waals surface area contributed by atoms with E-state index in [1.165, 1.54) is 18.2 Å². The van der Waals surface area contributed by atoms with Gasteiger partial charge in [0.2, 0.25) is 0 Å². The third-order valence-electron chi connectivity index (χ3n) is 1.60. The lowest BCUT2D eigenvalue weighted by molar-refractivity contribution is 0.0799. The Morgan fingerprint density at radius 3 is 2.47 bits per heavy atom. The van der Waals surface area contributed by atoms with Gasteiger partial charge in [0.25, 0.3) is 6.43 Å². The summed E-state index contributed by atoms with van der Waals surface area (Å²) >= 11 is 0. The number of hydrogen-bond acceptors (Lipinski definition) is 2. The van der Waals surface area contributed by atoms with Crippen LogP contribution in [0.15, 0.2) is 18.2 Å². The van der Waals surface area contributed by atoms with Crippen molar-refractivity contribution in [1.29, 1.82) is 0 Å². The highest BCUT2D eigenvalue weighted by Gasteiger charge is 2.07. The van der Waals surface area contributed by atoms with E-state index in [1.807, 2.05) is 0 Å². The summed E-state index contributed by atoms with van der Waals surface area (Å²) in [5.41, 5.74) is 5.85. The maximum absolute atomic E-state index is 13.1. The Labute approximate surface area is 91.6 Å². The molecule has 0 unspecified atom stereocenters. The molecule has 0 heterocycles. The van der Waals surface area contributed by atoms with Crippen LogP contribution in [0.4, 0.5) is 13.2 Å². The van der Waals surface area contributed by atoms with Crippen LogP contribution in [0, 0.1) is 5.82 Å². The zero-order valence-electron chi connectivity index (χ0n) is 7.75. The zero-order chi connectivity index (χ0) is 10.6. The van der Waals surface area contributed by atoms with E-state index in [4.69, 9.17) is 5.73 Å². The summed E-state index contributed by atoms with van der Waals surface area (Å²) in [6.07, 6.45) is -2.61. The number of hydrogen-bond donors (Lipinski definition) is 1. The van der Waals surface area contributed by atoms with Crippen molar-refractivity contribution in [2.24, 2.45) is 5.73 Å². The molecule has 1 aromatic carbocycles. The minimum absolute atomic E-state index is 0. The van der Waals surface area contributed by atoms with Crippen LogP contribution < -0.4 is 10.5 Å². The normalized spacial score (nSPS) is 9.93. The first-order valence-electron chi connectivity index (χ1n) is 4.03. The highest BCUT2D eigenvalue weighted by molar-refractivity contribution is 5.85. The van der Waals surface area contributed by atoms with Gasteiger partial charge in [-0.2, -0.15) is 0 Å². The Bertz CT molecular complexity index is 309. The third-order valence-corrected chi connectivity index (χ3v) is 1.60. The average molecular weight is 242 g/mol. The van der Waals surface area contributed by atoms with Gasteiger partial charge in [0.1, 0.15) is 6.61 Å². The van der Waals surface area contributed by atoms with Gasteiger partial charge in [-0.3, -0.25) is 0 Å². The Morgan fingerprint density at radius 2 is 2.00 bits per heavy atom. The molecular formula is C9H11ClF3NO. The van der Waals surface area contributed by atoms with Crippen LogP contribution in [-0.4, -0.2) is 13.0 Å². The predicted octanol–water partition coefficient (Wildman–Crippen LogP) is 2.35. The van der Waals surface area contributed by atoms with E-state index in [9.17, 15) is 13.2 Å². The van der Waals surface area contributed by atoms with Gasteiger partial charge in [0.05, 0.1) is 0 Å². The van der Waals surface area contributed by atoms with Crippen LogP contribution in [0.5, 0.6) is 5.75 Å². The van der Waals surface area contributed by atoms with Gasteiger partial charge in [-0.05, 0) is 17.7 Å². The van der Waals surface area contributed by atoms with Crippen molar-refractivity contribution in [3.05, 3.63) is 29.6 Å². The van der Waals surface area contributed by atoms with Crippen LogP contribution in [0.1, 0.15) is 5.56 Å². The highest BCUT2D eigenvalue weighted by atomic mass is 35.5. The molecule has 0 saturated carbocycles. The molecule has 0 bridgehead atoms. The monoisotopic (exact) mass is 241 g/mol. The van der Waals surface area contributed by atoms with Crippen LogP contribution in [-0.2, 0) is 6.54 Å². The minimum atomic E-state index is -2.61. The molecule has 0 aromatic heterocycles. The molecule has 0 atom stereocenters. The first-order valence-corrected chi connectivity index (χ1v) is 4.03. The van der Waals surface area contributed by atoms with Gasteiger partial charge in [0, 0.05) is 6.54 Å². The second-order valence-electron chi connectivity index (χ2n) is 2.67. The molecule has 2 nitrogen and oxygen atoms in total. The van der Waals surface area contributed by atoms with Gasteiger partial charge < -0.3 is 10.5 Å². The summed E-state index contributed by atoms with van der Waals surface area (Å²) < 4.78 is 41.1. The first-order chi connectivity index (χ1) is 6.63. The highest BCUT2D eigenvalue weighted by Crippen LogP contribution is 2.18. The number of nitrogens with two attached hydrogens (primary N) is 1. The zero-order valence-corrected chi connectivity index (χ0v) is 8.57. The van der Waals surface area contributed by atoms with E-state index < -0.39 is 18.8 Å². The fourth-order valence-corrected chi connectivity index (χ4v) is 0.941. The van der Waals surface area contributed by atoms with Crippen LogP contribution in [0.3, 0.4) is 0 Å². The molecule has 0 saturated heterocycles. The van der Waals surface area contributed by atoms with Crippen molar-refractivity contribution in [2.45, 2.75) is 13.0 Å². The largest absolute Gasteiger partial charge is 0.485 e. The van der Waals surface area contributed by atoms with Crippen molar-refractivity contribution in [1.82, 2.24) is 0 Å². The smallest absolute Gasteiger partial charge is 0.272 e. The van der Waals surface area contributed by atoms with E-state index in [2.05, 4.69) is 4.74 Å². The number of halogens is 4. The second kappa shape index (κ2) is 6.53. The maximum Gasteiger partial charge on any atom is 0.272 e. The molecular weight excluding hydrogens is 231 g/mol. The number of benzene rings is 1. The number of ether oxygens (including phenoxy) is 1. The maximum atomic E-state index is 13.1. The molecule has 2 N–H and O–H groups in total. The third kappa shape index (κ3) is 4.40. The Hall–Kier alpha value is -0.940. The average Bonchev–Trinajstić information content (AvgIpc) is 2.15. The topological polar surface area (TPSA) is 35.2 Å². The molecule has 0 amide bonds. The Kier molecular flexibility index (Phi) is 6.12. The fourth-order valence-electron chi connectivity index (χ4n) is 0.941. The van der Waals surface area contributed by atoms with E-state index in [0.717, 1.165) is 0 Å². The van der Waals surface area contributed by atoms with Crippen molar-refractivity contribution in [2.75, 3.05) is 6.61 Å². The van der Waals surface area contributed by atoms with Crippen LogP contribution in [0.2, 0.25) is 0 Å². The van der Waals surface area contributed by atoms with Gasteiger partial charge in [-0.15, -0.1) is 12.4 Å². The van der Waals surface area contributed by atoms with Gasteiger partial charge >= 0.3 is 0 Å². The Morgan fingerprint density at radius 1 is 1.33 bits per heavy atom. The quantitative estimate of drug-likeness (QED) is 0.878. The van der Waals surface area contributed by atoms with E-state index in [1.54, 1.807) is 0 Å². The van der Waals surface area contributed by atoms with Crippen molar-refractivity contribution < 1.29 is 17.9 Å². The molecule has 0 radical (unpaired) electrons. The first kappa shape index (κ1) is 14.1. The minimum Gasteiger partial charge on any atom is -0.485 e. The van der Waals surface area contributed by atoms with Crippen molar-refractivity contribution >= 4 is 12.4 Å². The summed E-state index contributed by atoms with van der Waals surface area (Å²) in [5, 5.41) is 0. The lowest BCUT2D eigenvalue weighted by Gasteiger charge is -2.07. The number of alkyl halides is 2. The summed E-state index contributed by atoms with van der Waals surface area (Å²) in [6.45, 7) is -0.606. The Balaban J connectivity index is 0.00000196. The number of rotatable bonds is 4. The van der Waals surface area contributed by atoms with E-state index >= 15 is 0 Å². The molecule has 0 fully saturated rings. The lowest BCUT2D eigenvalue weighted by atomic mass is 10.2. The summed E-state index contributed by atoms with van der Waals surface area (Å²) in [7, 11) is 0. The molecule has 0 aliphatic heterocycles. The summed E-state index contributed by atoms with van der Waals surface area (Å²) in [6, 6.07) is 3.99. The van der Waals surface area contributed by atoms with Gasteiger partial charge in [0.15, 0.2) is 11.6 Å². The molecule has 15 heavy (non-hydrogen) atoms. The molecule has 0 aliphatic rings. The van der Waals surface area contributed by atoms with E-state index in [0.29, 0.717) is 5.56 Å². The molecule has 86 valence electrons. The predicted molar refractivity (Wildman–Crippen MR) is 53.0 cm³/mol. The van der Waals surface area contributed by atoms with Crippen molar-refractivity contribution in [3.8, 4) is 5.75 Å². The van der Waals surface area contributed by atoms with Crippen molar-refractivity contribution in [3.63, 3.8) is 0 Å². The molecule has 6 heteroatoms. The van der Waals surface area contributed by atoms with Crippen LogP contribution >= 0.6 is 12.4 Å². The van der Waals surface area contributed by atoms with Gasteiger partial charge in [-0.25, -0.2) is 13.2 Å². The SMILES string of the molecule is Cl.NCc1ccc(OCC(F)F)c(F)c1. The molecule has 1 rings (SSSR count). The molecule has 0 aliphatic carbocycles. The molecule has 0 spiro atoms. The summed E-state index contributed by atoms with van der Waals surface area (Å²) in [5.74, 6) is -0.851. The van der Waals surface area contributed by atoms with Crippen LogP contribution in [0.25, 0.3) is 0 Å². The second-order valence-corrected chi connectivity index (χ2v) is 2.67.